The summed E-state index contributed by atoms with van der Waals surface area (Å²) in [6.45, 7) is 2.66. The zero-order valence-electron chi connectivity index (χ0n) is 12.5. The van der Waals surface area contributed by atoms with Crippen molar-refractivity contribution in [1.82, 2.24) is 4.98 Å². The van der Waals surface area contributed by atoms with Crippen LogP contribution >= 0.6 is 11.3 Å². The highest BCUT2D eigenvalue weighted by Crippen LogP contribution is 2.23. The first-order chi connectivity index (χ1) is 10.7. The Morgan fingerprint density at radius 1 is 1.09 bits per heavy atom. The second-order valence-electron chi connectivity index (χ2n) is 5.13. The molecule has 3 nitrogen and oxygen atoms in total. The number of aryl methyl sites for hydroxylation is 1. The molecule has 1 aromatic heterocycles. The number of nitrogens with zero attached hydrogens (tertiary/aromatic N) is 1. The summed E-state index contributed by atoms with van der Waals surface area (Å²) in [5, 5.41) is 3.17. The van der Waals surface area contributed by atoms with E-state index < -0.39 is 0 Å². The van der Waals surface area contributed by atoms with E-state index in [1.165, 1.54) is 5.56 Å². The minimum atomic E-state index is 0.578. The van der Waals surface area contributed by atoms with Crippen molar-refractivity contribution in [2.45, 2.75) is 13.3 Å². The van der Waals surface area contributed by atoms with Crippen LogP contribution in [0.1, 0.15) is 10.6 Å². The summed E-state index contributed by atoms with van der Waals surface area (Å²) in [5.41, 5.74) is 9.96. The summed E-state index contributed by atoms with van der Waals surface area (Å²) in [4.78, 5) is 4.67. The smallest absolute Gasteiger partial charge is 0.142 e. The molecule has 22 heavy (non-hydrogen) atoms. The first-order valence-corrected chi connectivity index (χ1v) is 8.09. The third-order valence-corrected chi connectivity index (χ3v) is 4.30. The van der Waals surface area contributed by atoms with Gasteiger partial charge in [-0.1, -0.05) is 42.0 Å². The van der Waals surface area contributed by atoms with E-state index >= 15 is 0 Å². The fraction of sp³-hybridized carbons (Fsp3) is 0.167. The number of ether oxygens (including phenoxy) is 1. The van der Waals surface area contributed by atoms with Gasteiger partial charge in [-0.2, -0.15) is 0 Å². The lowest BCUT2D eigenvalue weighted by Gasteiger charge is -2.07. The monoisotopic (exact) mass is 310 g/mol. The Hall–Kier alpha value is -2.33. The number of hydrogen-bond donors (Lipinski definition) is 1. The highest BCUT2D eigenvalue weighted by atomic mass is 32.1. The molecule has 0 atom stereocenters. The van der Waals surface area contributed by atoms with Crippen molar-refractivity contribution in [2.24, 2.45) is 0 Å². The molecule has 0 amide bonds. The molecule has 2 aromatic carbocycles. The summed E-state index contributed by atoms with van der Waals surface area (Å²) in [6.07, 6.45) is 0.783. The molecule has 0 spiro atoms. The Balaban J connectivity index is 1.60. The molecule has 0 radical (unpaired) electrons. The van der Waals surface area contributed by atoms with Gasteiger partial charge in [0.1, 0.15) is 5.75 Å². The van der Waals surface area contributed by atoms with Crippen molar-refractivity contribution in [3.63, 3.8) is 0 Å². The van der Waals surface area contributed by atoms with Crippen LogP contribution in [-0.2, 0) is 6.42 Å². The van der Waals surface area contributed by atoms with Gasteiger partial charge in [-0.05, 0) is 19.1 Å². The zero-order valence-corrected chi connectivity index (χ0v) is 13.3. The maximum absolute atomic E-state index is 5.85. The largest absolute Gasteiger partial charge is 0.491 e. The van der Waals surface area contributed by atoms with Crippen LogP contribution in [0, 0.1) is 6.92 Å². The molecule has 0 bridgehead atoms. The lowest BCUT2D eigenvalue weighted by Crippen LogP contribution is -2.03. The van der Waals surface area contributed by atoms with Gasteiger partial charge >= 0.3 is 0 Å². The third-order valence-electron chi connectivity index (χ3n) is 3.39. The Morgan fingerprint density at radius 3 is 2.64 bits per heavy atom. The van der Waals surface area contributed by atoms with Gasteiger partial charge in [0.25, 0.3) is 0 Å². The van der Waals surface area contributed by atoms with E-state index in [9.17, 15) is 0 Å². The molecule has 0 aliphatic rings. The van der Waals surface area contributed by atoms with Gasteiger partial charge in [0.2, 0.25) is 0 Å². The number of aromatic nitrogens is 1. The number of nitrogens with two attached hydrogens (primary N) is 1. The van der Waals surface area contributed by atoms with Gasteiger partial charge in [-0.25, -0.2) is 4.98 Å². The number of para-hydroxylation sites is 2. The van der Waals surface area contributed by atoms with Crippen molar-refractivity contribution in [3.05, 3.63) is 64.5 Å². The molecule has 0 saturated heterocycles. The molecule has 0 saturated carbocycles. The molecule has 0 fully saturated rings. The lowest BCUT2D eigenvalue weighted by molar-refractivity contribution is 0.323. The fourth-order valence-corrected chi connectivity index (χ4v) is 2.93. The molecular weight excluding hydrogens is 292 g/mol. The predicted molar refractivity (Wildman–Crippen MR) is 92.3 cm³/mol. The highest BCUT2D eigenvalue weighted by molar-refractivity contribution is 7.09. The summed E-state index contributed by atoms with van der Waals surface area (Å²) in [7, 11) is 0. The summed E-state index contributed by atoms with van der Waals surface area (Å²) >= 11 is 1.67. The number of thiazole rings is 1. The average Bonchev–Trinajstić information content (AvgIpc) is 2.99. The Bertz CT molecular complexity index is 750. The number of rotatable bonds is 5. The normalized spacial score (nSPS) is 10.6. The Labute approximate surface area is 134 Å². The van der Waals surface area contributed by atoms with E-state index in [4.69, 9.17) is 10.5 Å². The van der Waals surface area contributed by atoms with Gasteiger partial charge < -0.3 is 10.5 Å². The Morgan fingerprint density at radius 2 is 1.86 bits per heavy atom. The summed E-state index contributed by atoms with van der Waals surface area (Å²) in [5.74, 6) is 0.734. The number of anilines is 1. The molecule has 4 heteroatoms. The van der Waals surface area contributed by atoms with Crippen LogP contribution in [0.25, 0.3) is 11.3 Å². The van der Waals surface area contributed by atoms with Crippen molar-refractivity contribution in [1.29, 1.82) is 0 Å². The van der Waals surface area contributed by atoms with Gasteiger partial charge in [0, 0.05) is 17.4 Å². The van der Waals surface area contributed by atoms with Crippen LogP contribution in [0.15, 0.2) is 53.9 Å². The number of benzene rings is 2. The quantitative estimate of drug-likeness (QED) is 0.714. The maximum Gasteiger partial charge on any atom is 0.142 e. The first-order valence-electron chi connectivity index (χ1n) is 7.21. The van der Waals surface area contributed by atoms with Crippen molar-refractivity contribution < 1.29 is 4.74 Å². The predicted octanol–water partition coefficient (Wildman–Crippen LogP) is 4.32. The number of nitrogen functional groups attached to an aromatic ring is 1. The standard InChI is InChI=1S/C18H18N2OS/c1-13-6-8-14(9-7-13)16-12-22-18(20-16)10-11-21-17-5-3-2-4-15(17)19/h2-9,12H,10-11,19H2,1H3. The SMILES string of the molecule is Cc1ccc(-c2csc(CCOc3ccccc3N)n2)cc1. The first kappa shape index (κ1) is 14.6. The Kier molecular flexibility index (Phi) is 4.39. The van der Waals surface area contributed by atoms with Crippen LogP contribution in [0.3, 0.4) is 0 Å². The van der Waals surface area contributed by atoms with E-state index in [1.807, 2.05) is 24.3 Å². The molecule has 3 aromatic rings. The molecule has 0 aliphatic carbocycles. The second-order valence-corrected chi connectivity index (χ2v) is 6.07. The van der Waals surface area contributed by atoms with E-state index in [0.29, 0.717) is 12.3 Å². The van der Waals surface area contributed by atoms with Crippen LogP contribution in [0.5, 0.6) is 5.75 Å². The molecular formula is C18H18N2OS. The fourth-order valence-electron chi connectivity index (χ4n) is 2.14. The van der Waals surface area contributed by atoms with E-state index in [-0.39, 0.29) is 0 Å². The van der Waals surface area contributed by atoms with Gasteiger partial charge in [0.05, 0.1) is 23.0 Å². The molecule has 3 rings (SSSR count). The minimum Gasteiger partial charge on any atom is -0.491 e. The van der Waals surface area contributed by atoms with Crippen molar-refractivity contribution in [3.8, 4) is 17.0 Å². The van der Waals surface area contributed by atoms with Gasteiger partial charge in [0.15, 0.2) is 0 Å². The molecule has 1 heterocycles. The lowest BCUT2D eigenvalue weighted by atomic mass is 10.1. The topological polar surface area (TPSA) is 48.1 Å². The van der Waals surface area contributed by atoms with Crippen LogP contribution in [0.4, 0.5) is 5.69 Å². The maximum atomic E-state index is 5.85. The van der Waals surface area contributed by atoms with Gasteiger partial charge in [-0.15, -0.1) is 11.3 Å². The van der Waals surface area contributed by atoms with Crippen LogP contribution in [-0.4, -0.2) is 11.6 Å². The van der Waals surface area contributed by atoms with Crippen LogP contribution in [0.2, 0.25) is 0 Å². The van der Waals surface area contributed by atoms with Gasteiger partial charge in [-0.3, -0.25) is 0 Å². The molecule has 2 N–H and O–H groups in total. The van der Waals surface area contributed by atoms with Crippen LogP contribution < -0.4 is 10.5 Å². The van der Waals surface area contributed by atoms with Crippen molar-refractivity contribution in [2.75, 3.05) is 12.3 Å². The average molecular weight is 310 g/mol. The molecule has 112 valence electrons. The summed E-state index contributed by atoms with van der Waals surface area (Å²) < 4.78 is 5.71. The third kappa shape index (κ3) is 3.46. The van der Waals surface area contributed by atoms with E-state index in [1.54, 1.807) is 11.3 Å². The van der Waals surface area contributed by atoms with E-state index in [0.717, 1.165) is 28.4 Å². The molecule has 0 unspecified atom stereocenters. The highest BCUT2D eigenvalue weighted by Gasteiger charge is 2.05. The summed E-state index contributed by atoms with van der Waals surface area (Å²) in [6, 6.07) is 16.0. The number of hydrogen-bond acceptors (Lipinski definition) is 4. The van der Waals surface area contributed by atoms with Crippen molar-refractivity contribution >= 4 is 17.0 Å². The zero-order chi connectivity index (χ0) is 15.4. The second kappa shape index (κ2) is 6.62. The minimum absolute atomic E-state index is 0.578. The molecule has 0 aliphatic heterocycles. The van der Waals surface area contributed by atoms with E-state index in [2.05, 4.69) is 41.6 Å².